The van der Waals surface area contributed by atoms with Gasteiger partial charge in [-0.25, -0.2) is 27.3 Å². The Kier molecular flexibility index (Phi) is 8.27. The molecule has 8 nitrogen and oxygen atoms in total. The minimum atomic E-state index is -3.89. The average molecular weight is 683 g/mol. The van der Waals surface area contributed by atoms with E-state index in [9.17, 15) is 8.42 Å². The highest BCUT2D eigenvalue weighted by atomic mass is 35.5. The Morgan fingerprint density at radius 1 is 0.958 bits per heavy atom. The van der Waals surface area contributed by atoms with Gasteiger partial charge in [0.15, 0.2) is 11.5 Å². The van der Waals surface area contributed by atoms with Crippen LogP contribution in [0.1, 0.15) is 74.4 Å². The Morgan fingerprint density at radius 3 is 2.46 bits per heavy atom. The molecule has 0 unspecified atom stereocenters. The molecule has 1 fully saturated rings. The number of pyridine rings is 1. The van der Waals surface area contributed by atoms with Crippen molar-refractivity contribution in [2.24, 2.45) is 5.41 Å². The molecule has 1 saturated heterocycles. The standard InChI is InChI=1S/C38H43ClN6O2S/c1-24(2)27-11-10-26(4)33(20-27)43-18-15-32-30(22-43)37(44-17-7-16-38(5,6)23-44)42-35(41-32)34-29-14-19-45(36(29)40-21-31(34)39)48(46,47)28-12-8-25(3)9-13-28/h8-14,19-21,24H,7,15-18,22-23H2,1-6H3. The summed E-state index contributed by atoms with van der Waals surface area (Å²) in [6.07, 6.45) is 6.07. The molecular weight excluding hydrogens is 640 g/mol. The van der Waals surface area contributed by atoms with Crippen LogP contribution >= 0.6 is 11.6 Å². The summed E-state index contributed by atoms with van der Waals surface area (Å²) in [6.45, 7) is 16.6. The van der Waals surface area contributed by atoms with Crippen LogP contribution in [0.5, 0.6) is 0 Å². The van der Waals surface area contributed by atoms with Gasteiger partial charge in [0.25, 0.3) is 10.0 Å². The van der Waals surface area contributed by atoms with Crippen LogP contribution in [-0.4, -0.2) is 47.0 Å². The molecule has 0 radical (unpaired) electrons. The molecular formula is C38H43ClN6O2S. The Bertz CT molecular complexity index is 2140. The number of hydrogen-bond donors (Lipinski definition) is 0. The summed E-state index contributed by atoms with van der Waals surface area (Å²) in [7, 11) is -3.89. The monoisotopic (exact) mass is 682 g/mol. The molecule has 0 amide bonds. The summed E-state index contributed by atoms with van der Waals surface area (Å²) >= 11 is 6.90. The minimum absolute atomic E-state index is 0.149. The van der Waals surface area contributed by atoms with Gasteiger partial charge in [-0.15, -0.1) is 0 Å². The largest absolute Gasteiger partial charge is 0.366 e. The first-order valence-electron chi connectivity index (χ1n) is 16.8. The van der Waals surface area contributed by atoms with Crippen LogP contribution in [0, 0.1) is 19.3 Å². The van der Waals surface area contributed by atoms with Crippen LogP contribution in [0.25, 0.3) is 22.4 Å². The molecule has 2 aliphatic rings. The topological polar surface area (TPSA) is 84.2 Å². The zero-order valence-corrected chi connectivity index (χ0v) is 30.2. The number of anilines is 2. The SMILES string of the molecule is Cc1ccc(S(=O)(=O)n2ccc3c(-c4nc5c(c(N6CCCC(C)(C)C6)n4)CN(c4cc(C(C)C)ccc4C)CC5)c(Cl)cnc32)cc1. The third-order valence-electron chi connectivity index (χ3n) is 9.91. The van der Waals surface area contributed by atoms with E-state index in [0.717, 1.165) is 68.1 Å². The summed E-state index contributed by atoms with van der Waals surface area (Å²) in [5.74, 6) is 1.89. The number of aryl methyl sites for hydroxylation is 2. The molecule has 0 saturated carbocycles. The molecule has 250 valence electrons. The molecule has 0 bridgehead atoms. The van der Waals surface area contributed by atoms with Gasteiger partial charge in [-0.05, 0) is 73.4 Å². The van der Waals surface area contributed by atoms with E-state index < -0.39 is 10.0 Å². The summed E-state index contributed by atoms with van der Waals surface area (Å²) in [6, 6.07) is 15.4. The van der Waals surface area contributed by atoms with Gasteiger partial charge < -0.3 is 9.80 Å². The van der Waals surface area contributed by atoms with Crippen molar-refractivity contribution in [3.05, 3.63) is 93.9 Å². The lowest BCUT2D eigenvalue weighted by Crippen LogP contribution is -2.42. The first-order chi connectivity index (χ1) is 22.8. The van der Waals surface area contributed by atoms with Gasteiger partial charge in [-0.2, -0.15) is 0 Å². The van der Waals surface area contributed by atoms with E-state index in [1.165, 1.54) is 27.0 Å². The molecule has 3 aromatic heterocycles. The van der Waals surface area contributed by atoms with Gasteiger partial charge in [0.1, 0.15) is 5.82 Å². The average Bonchev–Trinajstić information content (AvgIpc) is 3.49. The minimum Gasteiger partial charge on any atom is -0.366 e. The maximum Gasteiger partial charge on any atom is 0.269 e. The fraction of sp³-hybridized carbons (Fsp3) is 0.395. The van der Waals surface area contributed by atoms with E-state index in [0.29, 0.717) is 33.4 Å². The van der Waals surface area contributed by atoms with E-state index in [4.69, 9.17) is 21.6 Å². The predicted molar refractivity (Wildman–Crippen MR) is 195 cm³/mol. The van der Waals surface area contributed by atoms with Gasteiger partial charge in [0.2, 0.25) is 0 Å². The number of halogens is 1. The van der Waals surface area contributed by atoms with Gasteiger partial charge in [0, 0.05) is 61.6 Å². The van der Waals surface area contributed by atoms with Crippen molar-refractivity contribution in [1.82, 2.24) is 18.9 Å². The zero-order chi connectivity index (χ0) is 34.0. The number of nitrogens with zero attached hydrogens (tertiary/aromatic N) is 6. The van der Waals surface area contributed by atoms with Crippen LogP contribution in [0.2, 0.25) is 5.02 Å². The molecule has 48 heavy (non-hydrogen) atoms. The molecule has 5 aromatic rings. The fourth-order valence-electron chi connectivity index (χ4n) is 7.19. The van der Waals surface area contributed by atoms with Gasteiger partial charge >= 0.3 is 0 Å². The lowest BCUT2D eigenvalue weighted by molar-refractivity contribution is 0.291. The number of piperidine rings is 1. The maximum atomic E-state index is 13.7. The van der Waals surface area contributed by atoms with Crippen molar-refractivity contribution in [1.29, 1.82) is 0 Å². The van der Waals surface area contributed by atoms with Crippen LogP contribution in [0.15, 0.2) is 65.8 Å². The fourth-order valence-corrected chi connectivity index (χ4v) is 8.73. The quantitative estimate of drug-likeness (QED) is 0.178. The number of fused-ring (bicyclic) bond motifs is 2. The van der Waals surface area contributed by atoms with Crippen LogP contribution in [-0.2, 0) is 23.0 Å². The first-order valence-corrected chi connectivity index (χ1v) is 18.6. The molecule has 7 rings (SSSR count). The highest BCUT2D eigenvalue weighted by Gasteiger charge is 2.33. The van der Waals surface area contributed by atoms with E-state index in [1.54, 1.807) is 36.5 Å². The van der Waals surface area contributed by atoms with E-state index >= 15 is 0 Å². The van der Waals surface area contributed by atoms with Gasteiger partial charge in [-0.1, -0.05) is 69.1 Å². The van der Waals surface area contributed by atoms with E-state index in [1.807, 2.05) is 6.92 Å². The summed E-state index contributed by atoms with van der Waals surface area (Å²) in [5.41, 5.74) is 8.05. The van der Waals surface area contributed by atoms with Crippen LogP contribution < -0.4 is 9.80 Å². The van der Waals surface area contributed by atoms with Crippen molar-refractivity contribution in [2.75, 3.05) is 29.4 Å². The molecule has 10 heteroatoms. The molecule has 0 N–H and O–H groups in total. The zero-order valence-electron chi connectivity index (χ0n) is 28.6. The van der Waals surface area contributed by atoms with Crippen molar-refractivity contribution in [3.63, 3.8) is 0 Å². The van der Waals surface area contributed by atoms with E-state index in [2.05, 4.69) is 67.6 Å². The van der Waals surface area contributed by atoms with E-state index in [-0.39, 0.29) is 10.3 Å². The second-order valence-electron chi connectivity index (χ2n) is 14.5. The summed E-state index contributed by atoms with van der Waals surface area (Å²) < 4.78 is 28.7. The van der Waals surface area contributed by atoms with Gasteiger partial charge in [0.05, 0.1) is 21.2 Å². The highest BCUT2D eigenvalue weighted by molar-refractivity contribution is 7.90. The normalized spacial score (nSPS) is 16.5. The molecule has 2 aliphatic heterocycles. The second kappa shape index (κ2) is 12.2. The van der Waals surface area contributed by atoms with Crippen molar-refractivity contribution in [2.45, 2.75) is 78.2 Å². The Balaban J connectivity index is 1.36. The molecule has 0 atom stereocenters. The van der Waals surface area contributed by atoms with Crippen LogP contribution in [0.3, 0.4) is 0 Å². The summed E-state index contributed by atoms with van der Waals surface area (Å²) in [5, 5.41) is 0.984. The number of aromatic nitrogens is 4. The molecule has 0 spiro atoms. The predicted octanol–water partition coefficient (Wildman–Crippen LogP) is 8.31. The van der Waals surface area contributed by atoms with Crippen molar-refractivity contribution < 1.29 is 8.42 Å². The van der Waals surface area contributed by atoms with Crippen molar-refractivity contribution in [3.8, 4) is 11.4 Å². The first kappa shape index (κ1) is 32.6. The Hall–Kier alpha value is -3.95. The number of rotatable bonds is 6. The number of benzene rings is 2. The van der Waals surface area contributed by atoms with Gasteiger partial charge in [-0.3, -0.25) is 0 Å². The Labute approximate surface area is 288 Å². The highest BCUT2D eigenvalue weighted by Crippen LogP contribution is 2.40. The third kappa shape index (κ3) is 5.85. The van der Waals surface area contributed by atoms with Crippen molar-refractivity contribution >= 4 is 44.2 Å². The lowest BCUT2D eigenvalue weighted by atomic mass is 9.84. The Morgan fingerprint density at radius 2 is 1.73 bits per heavy atom. The molecule has 2 aromatic carbocycles. The molecule has 5 heterocycles. The molecule has 0 aliphatic carbocycles. The maximum absolute atomic E-state index is 13.7. The number of hydrogen-bond acceptors (Lipinski definition) is 7. The second-order valence-corrected chi connectivity index (χ2v) is 16.7. The van der Waals surface area contributed by atoms with Crippen LogP contribution in [0.4, 0.5) is 11.5 Å². The summed E-state index contributed by atoms with van der Waals surface area (Å²) in [4.78, 5) is 20.1. The third-order valence-corrected chi connectivity index (χ3v) is 11.9. The lowest BCUT2D eigenvalue weighted by Gasteiger charge is -2.41. The smallest absolute Gasteiger partial charge is 0.269 e.